The minimum Gasteiger partial charge on any atom is -0.285 e. The molecular formula is C13H13N3. The SMILES string of the molecule is Cc1cccc(C=NCc2ccccn2)n1. The third-order valence-electron chi connectivity index (χ3n) is 2.11. The van der Waals surface area contributed by atoms with Gasteiger partial charge in [-0.2, -0.15) is 0 Å². The standard InChI is InChI=1S/C13H13N3/c1-11-5-4-7-13(16-11)10-14-9-12-6-2-3-8-15-12/h2-8,10H,9H2,1H3. The first-order chi connectivity index (χ1) is 7.84. The molecule has 0 unspecified atom stereocenters. The molecule has 3 nitrogen and oxygen atoms in total. The molecule has 0 saturated carbocycles. The molecule has 0 aromatic carbocycles. The predicted octanol–water partition coefficient (Wildman–Crippen LogP) is 2.40. The van der Waals surface area contributed by atoms with Crippen molar-refractivity contribution < 1.29 is 0 Å². The van der Waals surface area contributed by atoms with Crippen molar-refractivity contribution in [3.8, 4) is 0 Å². The highest BCUT2D eigenvalue weighted by Crippen LogP contribution is 1.98. The van der Waals surface area contributed by atoms with Gasteiger partial charge >= 0.3 is 0 Å². The number of aromatic nitrogens is 2. The van der Waals surface area contributed by atoms with Crippen LogP contribution in [0.2, 0.25) is 0 Å². The van der Waals surface area contributed by atoms with Gasteiger partial charge in [0.2, 0.25) is 0 Å². The van der Waals surface area contributed by atoms with Gasteiger partial charge in [-0.15, -0.1) is 0 Å². The van der Waals surface area contributed by atoms with Gasteiger partial charge in [0.25, 0.3) is 0 Å². The lowest BCUT2D eigenvalue weighted by molar-refractivity contribution is 0.993. The molecule has 0 aliphatic carbocycles. The average Bonchev–Trinajstić information content (AvgIpc) is 2.30. The van der Waals surface area contributed by atoms with Crippen LogP contribution in [0, 0.1) is 6.92 Å². The van der Waals surface area contributed by atoms with Crippen molar-refractivity contribution in [3.05, 3.63) is 59.7 Å². The van der Waals surface area contributed by atoms with Crippen LogP contribution < -0.4 is 0 Å². The molecule has 0 amide bonds. The van der Waals surface area contributed by atoms with Crippen molar-refractivity contribution >= 4 is 6.21 Å². The molecule has 0 bridgehead atoms. The Kier molecular flexibility index (Phi) is 3.38. The zero-order valence-corrected chi connectivity index (χ0v) is 9.17. The normalized spacial score (nSPS) is 10.8. The molecule has 16 heavy (non-hydrogen) atoms. The maximum Gasteiger partial charge on any atom is 0.0812 e. The molecule has 2 aromatic rings. The summed E-state index contributed by atoms with van der Waals surface area (Å²) in [5.41, 5.74) is 2.85. The quantitative estimate of drug-likeness (QED) is 0.731. The van der Waals surface area contributed by atoms with Crippen molar-refractivity contribution in [1.82, 2.24) is 9.97 Å². The molecule has 2 rings (SSSR count). The van der Waals surface area contributed by atoms with E-state index in [9.17, 15) is 0 Å². The van der Waals surface area contributed by atoms with Crippen molar-refractivity contribution in [1.29, 1.82) is 0 Å². The molecule has 3 heteroatoms. The minimum absolute atomic E-state index is 0.594. The van der Waals surface area contributed by atoms with E-state index in [1.165, 1.54) is 0 Å². The summed E-state index contributed by atoms with van der Waals surface area (Å²) < 4.78 is 0. The van der Waals surface area contributed by atoms with Crippen LogP contribution in [0.25, 0.3) is 0 Å². The van der Waals surface area contributed by atoms with Gasteiger partial charge in [0.15, 0.2) is 0 Å². The van der Waals surface area contributed by atoms with Crippen LogP contribution >= 0.6 is 0 Å². The van der Waals surface area contributed by atoms with E-state index in [2.05, 4.69) is 15.0 Å². The fraction of sp³-hybridized carbons (Fsp3) is 0.154. The van der Waals surface area contributed by atoms with E-state index in [1.54, 1.807) is 12.4 Å². The van der Waals surface area contributed by atoms with Gasteiger partial charge < -0.3 is 0 Å². The first kappa shape index (κ1) is 10.5. The van der Waals surface area contributed by atoms with Gasteiger partial charge in [0, 0.05) is 18.1 Å². The predicted molar refractivity (Wildman–Crippen MR) is 64.5 cm³/mol. The van der Waals surface area contributed by atoms with Crippen LogP contribution in [-0.2, 0) is 6.54 Å². The third kappa shape index (κ3) is 2.98. The van der Waals surface area contributed by atoms with E-state index < -0.39 is 0 Å². The smallest absolute Gasteiger partial charge is 0.0812 e. The van der Waals surface area contributed by atoms with Gasteiger partial charge in [0.05, 0.1) is 17.9 Å². The lowest BCUT2D eigenvalue weighted by atomic mass is 10.3. The topological polar surface area (TPSA) is 38.1 Å². The van der Waals surface area contributed by atoms with E-state index in [1.807, 2.05) is 43.3 Å². The summed E-state index contributed by atoms with van der Waals surface area (Å²) in [6.45, 7) is 2.56. The third-order valence-corrected chi connectivity index (χ3v) is 2.11. The number of pyridine rings is 2. The first-order valence-corrected chi connectivity index (χ1v) is 5.18. The van der Waals surface area contributed by atoms with E-state index >= 15 is 0 Å². The van der Waals surface area contributed by atoms with Crippen LogP contribution in [0.5, 0.6) is 0 Å². The maximum atomic E-state index is 4.33. The largest absolute Gasteiger partial charge is 0.285 e. The summed E-state index contributed by atoms with van der Waals surface area (Å²) in [6, 6.07) is 11.7. The zero-order chi connectivity index (χ0) is 11.2. The molecule has 0 atom stereocenters. The lowest BCUT2D eigenvalue weighted by Crippen LogP contribution is -1.91. The number of hydrogen-bond acceptors (Lipinski definition) is 3. The second-order valence-electron chi connectivity index (χ2n) is 3.49. The minimum atomic E-state index is 0.594. The van der Waals surface area contributed by atoms with Crippen molar-refractivity contribution in [2.45, 2.75) is 13.5 Å². The Morgan fingerprint density at radius 3 is 2.88 bits per heavy atom. The number of hydrogen-bond donors (Lipinski definition) is 0. The van der Waals surface area contributed by atoms with Crippen LogP contribution in [0.3, 0.4) is 0 Å². The molecule has 0 N–H and O–H groups in total. The highest BCUT2D eigenvalue weighted by Gasteiger charge is 1.91. The maximum absolute atomic E-state index is 4.33. The summed E-state index contributed by atoms with van der Waals surface area (Å²) in [5.74, 6) is 0. The highest BCUT2D eigenvalue weighted by atomic mass is 14.8. The van der Waals surface area contributed by atoms with Crippen LogP contribution in [0.4, 0.5) is 0 Å². The Bertz CT molecular complexity index is 478. The van der Waals surface area contributed by atoms with Gasteiger partial charge in [-0.1, -0.05) is 12.1 Å². The Hall–Kier alpha value is -2.03. The van der Waals surface area contributed by atoms with Gasteiger partial charge in [-0.05, 0) is 31.2 Å². The summed E-state index contributed by atoms with van der Waals surface area (Å²) in [6.07, 6.45) is 3.55. The van der Waals surface area contributed by atoms with Gasteiger partial charge in [-0.25, -0.2) is 0 Å². The molecule has 0 spiro atoms. The second-order valence-corrected chi connectivity index (χ2v) is 3.49. The average molecular weight is 211 g/mol. The summed E-state index contributed by atoms with van der Waals surface area (Å²) in [5, 5.41) is 0. The summed E-state index contributed by atoms with van der Waals surface area (Å²) in [4.78, 5) is 12.8. The fourth-order valence-electron chi connectivity index (χ4n) is 1.36. The molecule has 2 aromatic heterocycles. The highest BCUT2D eigenvalue weighted by molar-refractivity contribution is 5.76. The Morgan fingerprint density at radius 2 is 2.12 bits per heavy atom. The van der Waals surface area contributed by atoms with Crippen LogP contribution in [0.15, 0.2) is 47.6 Å². The number of nitrogens with zero attached hydrogens (tertiary/aromatic N) is 3. The number of aliphatic imine (C=N–C) groups is 1. The van der Waals surface area contributed by atoms with Gasteiger partial charge in [0.1, 0.15) is 0 Å². The monoisotopic (exact) mass is 211 g/mol. The molecule has 0 radical (unpaired) electrons. The Labute approximate surface area is 94.9 Å². The number of rotatable bonds is 3. The van der Waals surface area contributed by atoms with Crippen molar-refractivity contribution in [2.75, 3.05) is 0 Å². The zero-order valence-electron chi connectivity index (χ0n) is 9.17. The molecule has 2 heterocycles. The summed E-state index contributed by atoms with van der Waals surface area (Å²) >= 11 is 0. The summed E-state index contributed by atoms with van der Waals surface area (Å²) in [7, 11) is 0. The molecule has 0 aliphatic rings. The molecule has 0 saturated heterocycles. The Balaban J connectivity index is 2.00. The number of aryl methyl sites for hydroxylation is 1. The van der Waals surface area contributed by atoms with E-state index in [0.717, 1.165) is 17.1 Å². The molecular weight excluding hydrogens is 198 g/mol. The van der Waals surface area contributed by atoms with E-state index in [-0.39, 0.29) is 0 Å². The first-order valence-electron chi connectivity index (χ1n) is 5.18. The second kappa shape index (κ2) is 5.16. The fourth-order valence-corrected chi connectivity index (χ4v) is 1.36. The lowest BCUT2D eigenvalue weighted by Gasteiger charge is -1.95. The van der Waals surface area contributed by atoms with E-state index in [4.69, 9.17) is 0 Å². The molecule has 80 valence electrons. The van der Waals surface area contributed by atoms with Crippen molar-refractivity contribution in [2.24, 2.45) is 4.99 Å². The molecule has 0 fully saturated rings. The van der Waals surface area contributed by atoms with Crippen molar-refractivity contribution in [3.63, 3.8) is 0 Å². The van der Waals surface area contributed by atoms with Crippen LogP contribution in [-0.4, -0.2) is 16.2 Å². The Morgan fingerprint density at radius 1 is 1.19 bits per heavy atom. The van der Waals surface area contributed by atoms with Crippen LogP contribution in [0.1, 0.15) is 17.1 Å². The van der Waals surface area contributed by atoms with Gasteiger partial charge in [-0.3, -0.25) is 15.0 Å². The molecule has 0 aliphatic heterocycles. The van der Waals surface area contributed by atoms with E-state index in [0.29, 0.717) is 6.54 Å².